The Labute approximate surface area is 56.2 Å². The molecular formula is C7H13N2. The maximum atomic E-state index is 4.37. The molecule has 0 N–H and O–H groups in total. The third kappa shape index (κ3) is 0.775. The van der Waals surface area contributed by atoms with Crippen LogP contribution in [0.5, 0.6) is 0 Å². The Morgan fingerprint density at radius 2 is 2.22 bits per heavy atom. The van der Waals surface area contributed by atoms with Crippen molar-refractivity contribution < 1.29 is 0 Å². The largest absolute Gasteiger partial charge is 0.305 e. The molecule has 0 atom stereocenters. The Morgan fingerprint density at radius 3 is 2.67 bits per heavy atom. The Bertz CT molecular complexity index is 108. The van der Waals surface area contributed by atoms with Crippen LogP contribution in [0.25, 0.3) is 0 Å². The normalized spacial score (nSPS) is 33.0. The monoisotopic (exact) mass is 125 g/mol. The summed E-state index contributed by atoms with van der Waals surface area (Å²) in [4.78, 5) is 2.38. The zero-order chi connectivity index (χ0) is 6.32. The summed E-state index contributed by atoms with van der Waals surface area (Å²) in [5.41, 5.74) is 0.648. The maximum Gasteiger partial charge on any atom is 0.0215 e. The molecule has 2 aliphatic rings. The zero-order valence-electron chi connectivity index (χ0n) is 5.93. The van der Waals surface area contributed by atoms with Crippen molar-refractivity contribution in [1.82, 2.24) is 10.2 Å². The van der Waals surface area contributed by atoms with E-state index in [2.05, 4.69) is 17.3 Å². The SMILES string of the molecule is CN1CC2(CC[N]C2)C1. The fourth-order valence-corrected chi connectivity index (χ4v) is 2.07. The van der Waals surface area contributed by atoms with Crippen molar-refractivity contribution in [2.24, 2.45) is 5.41 Å². The Hall–Kier alpha value is -0.0800. The van der Waals surface area contributed by atoms with Gasteiger partial charge in [0.15, 0.2) is 0 Å². The van der Waals surface area contributed by atoms with Crippen LogP contribution in [0.2, 0.25) is 0 Å². The summed E-state index contributed by atoms with van der Waals surface area (Å²) < 4.78 is 0. The number of nitrogens with zero attached hydrogens (tertiary/aromatic N) is 2. The number of rotatable bonds is 0. The van der Waals surface area contributed by atoms with Gasteiger partial charge in [-0.1, -0.05) is 0 Å². The van der Waals surface area contributed by atoms with Gasteiger partial charge in [0, 0.05) is 31.6 Å². The van der Waals surface area contributed by atoms with E-state index in [0.717, 1.165) is 13.1 Å². The van der Waals surface area contributed by atoms with Gasteiger partial charge in [-0.05, 0) is 13.5 Å². The van der Waals surface area contributed by atoms with Crippen molar-refractivity contribution >= 4 is 0 Å². The van der Waals surface area contributed by atoms with E-state index in [1.807, 2.05) is 0 Å². The predicted molar refractivity (Wildman–Crippen MR) is 36.4 cm³/mol. The summed E-state index contributed by atoms with van der Waals surface area (Å²) in [6.45, 7) is 4.83. The molecule has 0 bridgehead atoms. The molecule has 0 unspecified atom stereocenters. The van der Waals surface area contributed by atoms with Gasteiger partial charge in [-0.3, -0.25) is 0 Å². The number of likely N-dealkylation sites (tertiary alicyclic amines) is 1. The Balaban J connectivity index is 1.95. The van der Waals surface area contributed by atoms with Gasteiger partial charge in [-0.2, -0.15) is 0 Å². The molecule has 0 aromatic rings. The lowest BCUT2D eigenvalue weighted by molar-refractivity contribution is 0.0406. The molecule has 2 heteroatoms. The molecule has 2 aliphatic heterocycles. The molecule has 1 radical (unpaired) electrons. The summed E-state index contributed by atoms with van der Waals surface area (Å²) in [6, 6.07) is 0. The third-order valence-corrected chi connectivity index (χ3v) is 2.46. The molecular weight excluding hydrogens is 112 g/mol. The van der Waals surface area contributed by atoms with Crippen molar-refractivity contribution in [3.63, 3.8) is 0 Å². The van der Waals surface area contributed by atoms with Crippen LogP contribution in [0.3, 0.4) is 0 Å². The van der Waals surface area contributed by atoms with E-state index in [9.17, 15) is 0 Å². The highest BCUT2D eigenvalue weighted by atomic mass is 15.2. The van der Waals surface area contributed by atoms with Crippen LogP contribution in [0.1, 0.15) is 6.42 Å². The molecule has 0 aromatic heterocycles. The van der Waals surface area contributed by atoms with E-state index in [1.54, 1.807) is 0 Å². The third-order valence-electron chi connectivity index (χ3n) is 2.46. The molecule has 0 aliphatic carbocycles. The summed E-state index contributed by atoms with van der Waals surface area (Å²) in [5, 5.41) is 4.37. The lowest BCUT2D eigenvalue weighted by atomic mass is 9.80. The molecule has 51 valence electrons. The van der Waals surface area contributed by atoms with Gasteiger partial charge >= 0.3 is 0 Å². The second-order valence-electron chi connectivity index (χ2n) is 3.53. The standard InChI is InChI=1S/C7H13N2/c1-9-5-7(6-9)2-3-8-4-7/h2-6H2,1H3. The molecule has 0 aromatic carbocycles. The summed E-state index contributed by atoms with van der Waals surface area (Å²) in [5.74, 6) is 0. The molecule has 0 amide bonds. The topological polar surface area (TPSA) is 17.3 Å². The average molecular weight is 125 g/mol. The first kappa shape index (κ1) is 5.69. The van der Waals surface area contributed by atoms with E-state index in [4.69, 9.17) is 0 Å². The van der Waals surface area contributed by atoms with Crippen LogP contribution in [0.4, 0.5) is 0 Å². The summed E-state index contributed by atoms with van der Waals surface area (Å²) in [7, 11) is 2.18. The second kappa shape index (κ2) is 1.70. The summed E-state index contributed by atoms with van der Waals surface area (Å²) in [6.07, 6.45) is 1.34. The molecule has 1 spiro atoms. The van der Waals surface area contributed by atoms with E-state index in [-0.39, 0.29) is 0 Å². The first-order valence-corrected chi connectivity index (χ1v) is 3.63. The van der Waals surface area contributed by atoms with Gasteiger partial charge in [0.05, 0.1) is 0 Å². The van der Waals surface area contributed by atoms with Crippen LogP contribution in [0, 0.1) is 5.41 Å². The van der Waals surface area contributed by atoms with Crippen LogP contribution in [-0.2, 0) is 0 Å². The quantitative estimate of drug-likeness (QED) is 0.443. The minimum absolute atomic E-state index is 0.648. The average Bonchev–Trinajstić information content (AvgIpc) is 2.12. The van der Waals surface area contributed by atoms with Gasteiger partial charge in [0.1, 0.15) is 0 Å². The fourth-order valence-electron chi connectivity index (χ4n) is 2.07. The molecule has 2 rings (SSSR count). The number of hydrogen-bond donors (Lipinski definition) is 0. The van der Waals surface area contributed by atoms with Crippen LogP contribution in [0.15, 0.2) is 0 Å². The van der Waals surface area contributed by atoms with Crippen LogP contribution >= 0.6 is 0 Å². The van der Waals surface area contributed by atoms with E-state index < -0.39 is 0 Å². The van der Waals surface area contributed by atoms with Crippen molar-refractivity contribution in [3.05, 3.63) is 0 Å². The molecule has 2 heterocycles. The lowest BCUT2D eigenvalue weighted by Gasteiger charge is -2.45. The van der Waals surface area contributed by atoms with Crippen molar-refractivity contribution in [1.29, 1.82) is 0 Å². The fraction of sp³-hybridized carbons (Fsp3) is 1.00. The minimum atomic E-state index is 0.648. The Kier molecular flexibility index (Phi) is 1.08. The molecule has 0 saturated carbocycles. The highest BCUT2D eigenvalue weighted by Crippen LogP contribution is 2.35. The lowest BCUT2D eigenvalue weighted by Crippen LogP contribution is -2.54. The van der Waals surface area contributed by atoms with Crippen LogP contribution < -0.4 is 5.32 Å². The van der Waals surface area contributed by atoms with Gasteiger partial charge in [0.25, 0.3) is 0 Å². The van der Waals surface area contributed by atoms with Gasteiger partial charge in [-0.15, -0.1) is 0 Å². The first-order valence-electron chi connectivity index (χ1n) is 3.63. The van der Waals surface area contributed by atoms with E-state index in [0.29, 0.717) is 5.41 Å². The second-order valence-corrected chi connectivity index (χ2v) is 3.53. The van der Waals surface area contributed by atoms with E-state index >= 15 is 0 Å². The van der Waals surface area contributed by atoms with Gasteiger partial charge in [0.2, 0.25) is 0 Å². The smallest absolute Gasteiger partial charge is 0.0215 e. The van der Waals surface area contributed by atoms with Crippen molar-refractivity contribution in [2.45, 2.75) is 6.42 Å². The maximum absolute atomic E-state index is 4.37. The van der Waals surface area contributed by atoms with Gasteiger partial charge in [-0.25, -0.2) is 5.32 Å². The van der Waals surface area contributed by atoms with Crippen molar-refractivity contribution in [2.75, 3.05) is 33.2 Å². The van der Waals surface area contributed by atoms with Gasteiger partial charge < -0.3 is 4.90 Å². The number of hydrogen-bond acceptors (Lipinski definition) is 1. The Morgan fingerprint density at radius 1 is 1.44 bits per heavy atom. The van der Waals surface area contributed by atoms with Crippen LogP contribution in [-0.4, -0.2) is 38.1 Å². The van der Waals surface area contributed by atoms with Crippen molar-refractivity contribution in [3.8, 4) is 0 Å². The molecule has 2 fully saturated rings. The highest BCUT2D eigenvalue weighted by Gasteiger charge is 2.43. The van der Waals surface area contributed by atoms with E-state index in [1.165, 1.54) is 19.5 Å². The highest BCUT2D eigenvalue weighted by molar-refractivity contribution is 4.98. The zero-order valence-corrected chi connectivity index (χ0v) is 5.93. The molecule has 2 nitrogen and oxygen atoms in total. The molecule has 2 saturated heterocycles. The first-order chi connectivity index (χ1) is 4.31. The molecule has 9 heavy (non-hydrogen) atoms. The predicted octanol–water partition coefficient (Wildman–Crippen LogP) is -0.0737. The summed E-state index contributed by atoms with van der Waals surface area (Å²) >= 11 is 0. The minimum Gasteiger partial charge on any atom is -0.305 e.